The minimum atomic E-state index is 0.571. The van der Waals surface area contributed by atoms with Crippen molar-refractivity contribution in [1.29, 1.82) is 0 Å². The molecule has 1 unspecified atom stereocenters. The summed E-state index contributed by atoms with van der Waals surface area (Å²) in [5.41, 5.74) is 3.03. The molecule has 1 aromatic rings. The zero-order chi connectivity index (χ0) is 10.7. The van der Waals surface area contributed by atoms with Gasteiger partial charge in [0.2, 0.25) is 0 Å². The Bertz CT molecular complexity index is 317. The van der Waals surface area contributed by atoms with Crippen molar-refractivity contribution in [2.45, 2.75) is 32.6 Å². The fourth-order valence-corrected chi connectivity index (χ4v) is 2.34. The molecule has 1 heteroatoms. The van der Waals surface area contributed by atoms with Crippen LogP contribution in [0.15, 0.2) is 24.3 Å². The molecule has 0 fully saturated rings. The molecule has 82 valence electrons. The Morgan fingerprint density at radius 2 is 2.07 bits per heavy atom. The molecule has 0 N–H and O–H groups in total. The van der Waals surface area contributed by atoms with Crippen molar-refractivity contribution in [3.8, 4) is 0 Å². The highest BCUT2D eigenvalue weighted by Gasteiger charge is 2.20. The van der Waals surface area contributed by atoms with E-state index in [2.05, 4.69) is 38.1 Å². The standard InChI is InChI=1S/C14H20O/c1-11(2)14-10-15-9-5-7-12-6-3-4-8-13(12)14/h3-4,6,8,11,14H,5,7,9-10H2,1-2H3. The van der Waals surface area contributed by atoms with Gasteiger partial charge in [-0.3, -0.25) is 0 Å². The summed E-state index contributed by atoms with van der Waals surface area (Å²) in [6.07, 6.45) is 2.32. The first-order valence-electron chi connectivity index (χ1n) is 5.94. The van der Waals surface area contributed by atoms with Crippen LogP contribution in [0.4, 0.5) is 0 Å². The van der Waals surface area contributed by atoms with Crippen molar-refractivity contribution < 1.29 is 4.74 Å². The van der Waals surface area contributed by atoms with Crippen LogP contribution < -0.4 is 0 Å². The van der Waals surface area contributed by atoms with E-state index < -0.39 is 0 Å². The first-order valence-corrected chi connectivity index (χ1v) is 5.94. The largest absolute Gasteiger partial charge is 0.381 e. The maximum Gasteiger partial charge on any atom is 0.0537 e. The van der Waals surface area contributed by atoms with Crippen LogP contribution in [-0.2, 0) is 11.2 Å². The highest BCUT2D eigenvalue weighted by Crippen LogP contribution is 2.29. The van der Waals surface area contributed by atoms with Crippen LogP contribution >= 0.6 is 0 Å². The Labute approximate surface area is 92.5 Å². The molecule has 1 aromatic carbocycles. The molecule has 0 saturated heterocycles. The first kappa shape index (κ1) is 10.7. The zero-order valence-corrected chi connectivity index (χ0v) is 9.70. The molecule has 1 aliphatic heterocycles. The average Bonchev–Trinajstić information content (AvgIpc) is 2.18. The second-order valence-electron chi connectivity index (χ2n) is 4.73. The lowest BCUT2D eigenvalue weighted by Crippen LogP contribution is -2.19. The van der Waals surface area contributed by atoms with Gasteiger partial charge >= 0.3 is 0 Å². The van der Waals surface area contributed by atoms with E-state index >= 15 is 0 Å². The predicted octanol–water partition coefficient (Wildman–Crippen LogP) is 3.39. The van der Waals surface area contributed by atoms with Crippen LogP contribution in [0, 0.1) is 5.92 Å². The van der Waals surface area contributed by atoms with Gasteiger partial charge in [0.15, 0.2) is 0 Å². The molecular formula is C14H20O. The molecule has 0 aromatic heterocycles. The van der Waals surface area contributed by atoms with Gasteiger partial charge in [-0.1, -0.05) is 38.1 Å². The second kappa shape index (κ2) is 4.80. The summed E-state index contributed by atoms with van der Waals surface area (Å²) in [7, 11) is 0. The smallest absolute Gasteiger partial charge is 0.0537 e. The van der Waals surface area contributed by atoms with Gasteiger partial charge in [-0.25, -0.2) is 0 Å². The van der Waals surface area contributed by atoms with Crippen LogP contribution in [0.25, 0.3) is 0 Å². The SMILES string of the molecule is CC(C)C1COCCCc2ccccc21. The average molecular weight is 204 g/mol. The lowest BCUT2D eigenvalue weighted by Gasteiger charge is -2.26. The topological polar surface area (TPSA) is 9.23 Å². The van der Waals surface area contributed by atoms with Crippen molar-refractivity contribution in [2.75, 3.05) is 13.2 Å². The van der Waals surface area contributed by atoms with Crippen molar-refractivity contribution in [3.63, 3.8) is 0 Å². The van der Waals surface area contributed by atoms with Crippen molar-refractivity contribution in [2.24, 2.45) is 5.92 Å². The molecule has 0 saturated carbocycles. The second-order valence-corrected chi connectivity index (χ2v) is 4.73. The predicted molar refractivity (Wildman–Crippen MR) is 63.2 cm³/mol. The van der Waals surface area contributed by atoms with E-state index in [4.69, 9.17) is 4.74 Å². The summed E-state index contributed by atoms with van der Waals surface area (Å²) in [5, 5.41) is 0. The highest BCUT2D eigenvalue weighted by atomic mass is 16.5. The molecule has 1 nitrogen and oxygen atoms in total. The molecule has 0 aliphatic carbocycles. The molecule has 1 atom stereocenters. The van der Waals surface area contributed by atoms with Gasteiger partial charge in [0.1, 0.15) is 0 Å². The van der Waals surface area contributed by atoms with Gasteiger partial charge in [-0.2, -0.15) is 0 Å². The molecule has 0 bridgehead atoms. The Morgan fingerprint density at radius 3 is 2.87 bits per heavy atom. The third-order valence-electron chi connectivity index (χ3n) is 3.29. The van der Waals surface area contributed by atoms with Crippen molar-refractivity contribution in [1.82, 2.24) is 0 Å². The van der Waals surface area contributed by atoms with E-state index in [9.17, 15) is 0 Å². The van der Waals surface area contributed by atoms with E-state index in [1.54, 1.807) is 0 Å². The van der Waals surface area contributed by atoms with Gasteiger partial charge in [0.05, 0.1) is 6.61 Å². The van der Waals surface area contributed by atoms with Crippen LogP contribution in [0.2, 0.25) is 0 Å². The number of fused-ring (bicyclic) bond motifs is 1. The zero-order valence-electron chi connectivity index (χ0n) is 9.70. The Morgan fingerprint density at radius 1 is 1.27 bits per heavy atom. The number of rotatable bonds is 1. The van der Waals surface area contributed by atoms with Gasteiger partial charge in [0, 0.05) is 12.5 Å². The van der Waals surface area contributed by atoms with Gasteiger partial charge in [0.25, 0.3) is 0 Å². The highest BCUT2D eigenvalue weighted by molar-refractivity contribution is 5.31. The molecule has 0 radical (unpaired) electrons. The molecule has 2 rings (SSSR count). The fraction of sp³-hybridized carbons (Fsp3) is 0.571. The molecule has 15 heavy (non-hydrogen) atoms. The molecular weight excluding hydrogens is 184 g/mol. The van der Waals surface area contributed by atoms with E-state index in [1.165, 1.54) is 17.5 Å². The monoisotopic (exact) mass is 204 g/mol. The Kier molecular flexibility index (Phi) is 3.42. The molecule has 1 heterocycles. The maximum atomic E-state index is 5.71. The third kappa shape index (κ3) is 2.40. The minimum absolute atomic E-state index is 0.571. The van der Waals surface area contributed by atoms with Crippen LogP contribution in [-0.4, -0.2) is 13.2 Å². The lowest BCUT2D eigenvalue weighted by atomic mass is 9.84. The van der Waals surface area contributed by atoms with Crippen LogP contribution in [0.1, 0.15) is 37.3 Å². The molecule has 1 aliphatic rings. The van der Waals surface area contributed by atoms with E-state index in [1.807, 2.05) is 0 Å². The van der Waals surface area contributed by atoms with Gasteiger partial charge < -0.3 is 4.74 Å². The summed E-state index contributed by atoms with van der Waals surface area (Å²) in [6.45, 7) is 6.37. The van der Waals surface area contributed by atoms with E-state index in [0.717, 1.165) is 19.6 Å². The number of aryl methyl sites for hydroxylation is 1. The normalized spacial score (nSPS) is 21.9. The quantitative estimate of drug-likeness (QED) is 0.681. The third-order valence-corrected chi connectivity index (χ3v) is 3.29. The van der Waals surface area contributed by atoms with Crippen LogP contribution in [0.5, 0.6) is 0 Å². The lowest BCUT2D eigenvalue weighted by molar-refractivity contribution is 0.102. The molecule has 0 amide bonds. The summed E-state index contributed by atoms with van der Waals surface area (Å²) >= 11 is 0. The van der Waals surface area contributed by atoms with Crippen LogP contribution in [0.3, 0.4) is 0 Å². The minimum Gasteiger partial charge on any atom is -0.381 e. The summed E-state index contributed by atoms with van der Waals surface area (Å²) in [6, 6.07) is 8.85. The van der Waals surface area contributed by atoms with Crippen molar-refractivity contribution in [3.05, 3.63) is 35.4 Å². The fourth-order valence-electron chi connectivity index (χ4n) is 2.34. The van der Waals surface area contributed by atoms with Gasteiger partial charge in [-0.15, -0.1) is 0 Å². The van der Waals surface area contributed by atoms with Crippen molar-refractivity contribution >= 4 is 0 Å². The summed E-state index contributed by atoms with van der Waals surface area (Å²) < 4.78 is 5.71. The van der Waals surface area contributed by atoms with E-state index in [0.29, 0.717) is 11.8 Å². The number of hydrogen-bond donors (Lipinski definition) is 0. The Balaban J connectivity index is 2.34. The van der Waals surface area contributed by atoms with Gasteiger partial charge in [-0.05, 0) is 29.9 Å². The van der Waals surface area contributed by atoms with E-state index in [-0.39, 0.29) is 0 Å². The number of hydrogen-bond acceptors (Lipinski definition) is 1. The molecule has 0 spiro atoms. The Hall–Kier alpha value is -0.820. The first-order chi connectivity index (χ1) is 7.29. The number of ether oxygens (including phenoxy) is 1. The number of benzene rings is 1. The summed E-state index contributed by atoms with van der Waals surface area (Å²) in [5.74, 6) is 1.23. The maximum absolute atomic E-state index is 5.71. The summed E-state index contributed by atoms with van der Waals surface area (Å²) in [4.78, 5) is 0.